The molecule has 0 aromatic heterocycles. The minimum absolute atomic E-state index is 0.172. The number of carboxylic acid groups (broad SMARTS) is 1. The number of aliphatic carboxylic acids is 1. The monoisotopic (exact) mass is 277 g/mol. The van der Waals surface area contributed by atoms with Crippen LogP contribution < -0.4 is 5.32 Å². The van der Waals surface area contributed by atoms with Crippen molar-refractivity contribution in [2.75, 3.05) is 5.75 Å². The molecule has 1 aliphatic carbocycles. The molecule has 1 saturated heterocycles. The lowest BCUT2D eigenvalue weighted by Crippen LogP contribution is -2.47. The van der Waals surface area contributed by atoms with Gasteiger partial charge < -0.3 is 5.11 Å². The van der Waals surface area contributed by atoms with Crippen LogP contribution >= 0.6 is 11.8 Å². The molecule has 19 heavy (non-hydrogen) atoms. The highest BCUT2D eigenvalue weighted by Crippen LogP contribution is 2.52. The molecule has 0 radical (unpaired) electrons. The number of nitrogens with one attached hydrogen (secondary N) is 1. The third kappa shape index (κ3) is 1.98. The molecule has 1 aromatic rings. The van der Waals surface area contributed by atoms with Crippen molar-refractivity contribution in [3.63, 3.8) is 0 Å². The first kappa shape index (κ1) is 13.0. The van der Waals surface area contributed by atoms with Crippen molar-refractivity contribution in [3.05, 3.63) is 35.4 Å². The third-order valence-electron chi connectivity index (χ3n) is 4.40. The smallest absolute Gasteiger partial charge is 0.321 e. The molecule has 2 N–H and O–H groups in total. The first-order chi connectivity index (χ1) is 8.95. The number of rotatable bonds is 1. The normalized spacial score (nSPS) is 32.2. The number of thioether (sulfide) groups is 1. The van der Waals surface area contributed by atoms with E-state index in [0.29, 0.717) is 5.75 Å². The molecular weight excluding hydrogens is 258 g/mol. The van der Waals surface area contributed by atoms with Crippen molar-refractivity contribution in [1.29, 1.82) is 0 Å². The molecule has 1 aromatic carbocycles. The quantitative estimate of drug-likeness (QED) is 0.828. The molecule has 2 atom stereocenters. The maximum Gasteiger partial charge on any atom is 0.321 e. The number of hydrogen-bond acceptors (Lipinski definition) is 3. The van der Waals surface area contributed by atoms with Gasteiger partial charge in [0.05, 0.1) is 4.87 Å². The Balaban J connectivity index is 2.04. The van der Waals surface area contributed by atoms with Crippen LogP contribution in [0.5, 0.6) is 0 Å². The van der Waals surface area contributed by atoms with Gasteiger partial charge in [0.15, 0.2) is 0 Å². The van der Waals surface area contributed by atoms with E-state index in [9.17, 15) is 9.90 Å². The fourth-order valence-corrected chi connectivity index (χ4v) is 4.69. The van der Waals surface area contributed by atoms with Crippen molar-refractivity contribution >= 4 is 17.7 Å². The highest BCUT2D eigenvalue weighted by Gasteiger charge is 2.48. The predicted octanol–water partition coefficient (Wildman–Crippen LogP) is 2.70. The number of benzene rings is 1. The third-order valence-corrected chi connectivity index (χ3v) is 5.93. The van der Waals surface area contributed by atoms with E-state index in [0.717, 1.165) is 12.8 Å². The largest absolute Gasteiger partial charge is 0.480 e. The van der Waals surface area contributed by atoms with Gasteiger partial charge in [0.25, 0.3) is 0 Å². The molecule has 1 fully saturated rings. The summed E-state index contributed by atoms with van der Waals surface area (Å²) >= 11 is 1.75. The second-order valence-electron chi connectivity index (χ2n) is 6.10. The summed E-state index contributed by atoms with van der Waals surface area (Å²) in [5, 5.41) is 12.6. The molecule has 3 nitrogen and oxygen atoms in total. The van der Waals surface area contributed by atoms with E-state index in [4.69, 9.17) is 0 Å². The Morgan fingerprint density at radius 1 is 1.32 bits per heavy atom. The Morgan fingerprint density at radius 3 is 2.63 bits per heavy atom. The summed E-state index contributed by atoms with van der Waals surface area (Å²) in [6, 6.07) is 8.04. The average Bonchev–Trinajstić information content (AvgIpc) is 2.81. The topological polar surface area (TPSA) is 49.3 Å². The first-order valence-corrected chi connectivity index (χ1v) is 7.68. The maximum absolute atomic E-state index is 11.2. The van der Waals surface area contributed by atoms with Crippen LogP contribution in [0.15, 0.2) is 24.3 Å². The van der Waals surface area contributed by atoms with E-state index < -0.39 is 12.0 Å². The van der Waals surface area contributed by atoms with Gasteiger partial charge in [-0.15, -0.1) is 11.8 Å². The zero-order chi connectivity index (χ0) is 13.7. The maximum atomic E-state index is 11.2. The van der Waals surface area contributed by atoms with Gasteiger partial charge in [-0.2, -0.15) is 0 Å². The molecule has 1 aliphatic heterocycles. The van der Waals surface area contributed by atoms with Crippen LogP contribution in [0.25, 0.3) is 0 Å². The van der Waals surface area contributed by atoms with E-state index in [1.54, 1.807) is 11.8 Å². The van der Waals surface area contributed by atoms with Gasteiger partial charge in [-0.05, 0) is 29.4 Å². The lowest BCUT2D eigenvalue weighted by atomic mass is 9.70. The Bertz CT molecular complexity index is 529. The summed E-state index contributed by atoms with van der Waals surface area (Å²) in [5.74, 6) is -0.101. The van der Waals surface area contributed by atoms with Crippen molar-refractivity contribution in [1.82, 2.24) is 5.32 Å². The van der Waals surface area contributed by atoms with Crippen LogP contribution in [0, 0.1) is 0 Å². The lowest BCUT2D eigenvalue weighted by Gasteiger charge is -2.43. The van der Waals surface area contributed by atoms with Crippen molar-refractivity contribution in [2.45, 2.75) is 43.0 Å². The minimum Gasteiger partial charge on any atom is -0.480 e. The number of fused-ring (bicyclic) bond motifs is 2. The van der Waals surface area contributed by atoms with Gasteiger partial charge in [-0.25, -0.2) is 0 Å². The summed E-state index contributed by atoms with van der Waals surface area (Å²) in [5.41, 5.74) is 2.80. The molecule has 1 heterocycles. The second-order valence-corrected chi connectivity index (χ2v) is 7.42. The molecule has 0 amide bonds. The highest BCUT2D eigenvalue weighted by molar-refractivity contribution is 8.00. The van der Waals surface area contributed by atoms with Gasteiger partial charge in [-0.1, -0.05) is 38.1 Å². The van der Waals surface area contributed by atoms with Gasteiger partial charge in [0.2, 0.25) is 0 Å². The number of carbonyl (C=O) groups is 1. The van der Waals surface area contributed by atoms with Crippen LogP contribution in [0.4, 0.5) is 0 Å². The van der Waals surface area contributed by atoms with Crippen molar-refractivity contribution in [2.24, 2.45) is 0 Å². The zero-order valence-electron chi connectivity index (χ0n) is 11.3. The summed E-state index contributed by atoms with van der Waals surface area (Å²) in [6.45, 7) is 4.54. The van der Waals surface area contributed by atoms with Gasteiger partial charge in [-0.3, -0.25) is 10.1 Å². The van der Waals surface area contributed by atoms with Crippen LogP contribution in [0.1, 0.15) is 37.8 Å². The SMILES string of the molecule is CC1(C)CCC2(NC(C(=O)O)CS2)c2ccccc21. The zero-order valence-corrected chi connectivity index (χ0v) is 12.1. The van der Waals surface area contributed by atoms with E-state index in [1.807, 2.05) is 0 Å². The van der Waals surface area contributed by atoms with Crippen LogP contribution in [-0.4, -0.2) is 22.9 Å². The number of hydrogen-bond donors (Lipinski definition) is 2. The molecule has 3 rings (SSSR count). The van der Waals surface area contributed by atoms with Gasteiger partial charge in [0, 0.05) is 5.75 Å². The molecule has 2 aliphatic rings. The van der Waals surface area contributed by atoms with E-state index in [1.165, 1.54) is 11.1 Å². The first-order valence-electron chi connectivity index (χ1n) is 6.69. The van der Waals surface area contributed by atoms with Crippen LogP contribution in [-0.2, 0) is 15.1 Å². The minimum atomic E-state index is -0.744. The standard InChI is InChI=1S/C15H19NO2S/c1-14(2)7-8-15(11-6-4-3-5-10(11)14)16-12(9-19-15)13(17)18/h3-6,12,16H,7-9H2,1-2H3,(H,17,18). The van der Waals surface area contributed by atoms with Gasteiger partial charge in [0.1, 0.15) is 6.04 Å². The second kappa shape index (κ2) is 4.25. The fourth-order valence-electron chi connectivity index (χ4n) is 3.21. The van der Waals surface area contributed by atoms with Gasteiger partial charge >= 0.3 is 5.97 Å². The van der Waals surface area contributed by atoms with E-state index in [2.05, 4.69) is 43.4 Å². The Hall–Kier alpha value is -1.00. The summed E-state index contributed by atoms with van der Waals surface area (Å²) in [4.78, 5) is 11.0. The summed E-state index contributed by atoms with van der Waals surface area (Å²) in [6.07, 6.45) is 2.07. The molecular formula is C15H19NO2S. The number of carboxylic acids is 1. The molecule has 1 spiro atoms. The molecule has 0 saturated carbocycles. The Morgan fingerprint density at radius 2 is 2.00 bits per heavy atom. The van der Waals surface area contributed by atoms with E-state index in [-0.39, 0.29) is 10.3 Å². The molecule has 2 unspecified atom stereocenters. The average molecular weight is 277 g/mol. The molecule has 0 bridgehead atoms. The van der Waals surface area contributed by atoms with Crippen LogP contribution in [0.2, 0.25) is 0 Å². The summed E-state index contributed by atoms with van der Waals surface area (Å²) in [7, 11) is 0. The highest BCUT2D eigenvalue weighted by atomic mass is 32.2. The Kier molecular flexibility index (Phi) is 2.91. The fraction of sp³-hybridized carbons (Fsp3) is 0.533. The van der Waals surface area contributed by atoms with E-state index >= 15 is 0 Å². The molecule has 102 valence electrons. The summed E-state index contributed by atoms with van der Waals surface area (Å²) < 4.78 is 0. The van der Waals surface area contributed by atoms with Crippen molar-refractivity contribution in [3.8, 4) is 0 Å². The van der Waals surface area contributed by atoms with Crippen molar-refractivity contribution < 1.29 is 9.90 Å². The molecule has 4 heteroatoms. The predicted molar refractivity (Wildman–Crippen MR) is 77.4 cm³/mol. The lowest BCUT2D eigenvalue weighted by molar-refractivity contribution is -0.138. The van der Waals surface area contributed by atoms with Crippen LogP contribution in [0.3, 0.4) is 0 Å². The Labute approximate surface area is 117 Å².